The van der Waals surface area contributed by atoms with Gasteiger partial charge in [0.1, 0.15) is 0 Å². The van der Waals surface area contributed by atoms with Crippen LogP contribution in [0, 0.1) is 11.8 Å². The minimum Gasteiger partial charge on any atom is -0.366 e. The van der Waals surface area contributed by atoms with Gasteiger partial charge in [0.25, 0.3) is 0 Å². The predicted molar refractivity (Wildman–Crippen MR) is 72.6 cm³/mol. The SMILES string of the molecule is Cc1[nH]c2ccccc2c1N1CCN(N=O)CC1. The van der Waals surface area contributed by atoms with Gasteiger partial charge in [0, 0.05) is 29.7 Å². The highest BCUT2D eigenvalue weighted by atomic mass is 16.3. The minimum absolute atomic E-state index is 0.697. The van der Waals surface area contributed by atoms with Crippen molar-refractivity contribution in [3.8, 4) is 0 Å². The topological polar surface area (TPSA) is 51.7 Å². The number of rotatable bonds is 2. The third-order valence-electron chi connectivity index (χ3n) is 3.55. The van der Waals surface area contributed by atoms with Crippen LogP contribution in [0.4, 0.5) is 5.69 Å². The first-order valence-corrected chi connectivity index (χ1v) is 6.20. The summed E-state index contributed by atoms with van der Waals surface area (Å²) in [6.45, 7) is 5.17. The van der Waals surface area contributed by atoms with Crippen molar-refractivity contribution in [3.63, 3.8) is 0 Å². The van der Waals surface area contributed by atoms with Crippen LogP contribution in [-0.2, 0) is 0 Å². The molecule has 0 amide bonds. The summed E-state index contributed by atoms with van der Waals surface area (Å²) in [5.41, 5.74) is 3.61. The molecular weight excluding hydrogens is 228 g/mol. The van der Waals surface area contributed by atoms with Gasteiger partial charge < -0.3 is 9.88 Å². The summed E-state index contributed by atoms with van der Waals surface area (Å²) in [6, 6.07) is 8.33. The molecule has 1 N–H and O–H groups in total. The highest BCUT2D eigenvalue weighted by molar-refractivity contribution is 5.94. The summed E-state index contributed by atoms with van der Waals surface area (Å²) in [4.78, 5) is 16.2. The van der Waals surface area contributed by atoms with E-state index < -0.39 is 0 Å². The lowest BCUT2D eigenvalue weighted by Crippen LogP contribution is -2.44. The Balaban J connectivity index is 1.95. The average Bonchev–Trinajstić information content (AvgIpc) is 2.75. The molecule has 5 nitrogen and oxygen atoms in total. The Morgan fingerprint density at radius 1 is 1.17 bits per heavy atom. The third-order valence-corrected chi connectivity index (χ3v) is 3.55. The highest BCUT2D eigenvalue weighted by Crippen LogP contribution is 2.31. The van der Waals surface area contributed by atoms with E-state index in [1.807, 2.05) is 6.07 Å². The number of aromatic amines is 1. The maximum atomic E-state index is 10.5. The van der Waals surface area contributed by atoms with Crippen LogP contribution in [0.5, 0.6) is 0 Å². The summed E-state index contributed by atoms with van der Waals surface area (Å²) < 4.78 is 0. The third kappa shape index (κ3) is 1.72. The van der Waals surface area contributed by atoms with Gasteiger partial charge >= 0.3 is 0 Å². The predicted octanol–water partition coefficient (Wildman–Crippen LogP) is 2.28. The number of para-hydroxylation sites is 1. The number of fused-ring (bicyclic) bond motifs is 1. The van der Waals surface area contributed by atoms with Crippen molar-refractivity contribution in [2.75, 3.05) is 31.1 Å². The fourth-order valence-corrected chi connectivity index (χ4v) is 2.67. The first-order chi connectivity index (χ1) is 8.79. The number of aromatic nitrogens is 1. The molecule has 0 bridgehead atoms. The molecule has 1 aromatic carbocycles. The zero-order valence-corrected chi connectivity index (χ0v) is 10.4. The summed E-state index contributed by atoms with van der Waals surface area (Å²) >= 11 is 0. The Hall–Kier alpha value is -2.04. The van der Waals surface area contributed by atoms with Gasteiger partial charge in [0.15, 0.2) is 0 Å². The van der Waals surface area contributed by atoms with E-state index in [0.717, 1.165) is 13.1 Å². The fourth-order valence-electron chi connectivity index (χ4n) is 2.67. The number of hydrogen-bond donors (Lipinski definition) is 1. The van der Waals surface area contributed by atoms with Gasteiger partial charge in [-0.1, -0.05) is 18.2 Å². The number of aryl methyl sites for hydroxylation is 1. The monoisotopic (exact) mass is 244 g/mol. The highest BCUT2D eigenvalue weighted by Gasteiger charge is 2.20. The number of nitrogens with zero attached hydrogens (tertiary/aromatic N) is 3. The first kappa shape index (κ1) is 11.1. The van der Waals surface area contributed by atoms with Crippen LogP contribution in [0.25, 0.3) is 10.9 Å². The molecule has 0 saturated carbocycles. The Labute approximate surface area is 105 Å². The second-order valence-corrected chi connectivity index (χ2v) is 4.67. The fraction of sp³-hybridized carbons (Fsp3) is 0.385. The van der Waals surface area contributed by atoms with Gasteiger partial charge in [-0.15, -0.1) is 4.91 Å². The van der Waals surface area contributed by atoms with Crippen LogP contribution in [0.15, 0.2) is 29.6 Å². The van der Waals surface area contributed by atoms with Gasteiger partial charge in [-0.05, 0) is 13.0 Å². The van der Waals surface area contributed by atoms with Crippen molar-refractivity contribution >= 4 is 16.6 Å². The van der Waals surface area contributed by atoms with Crippen molar-refractivity contribution < 1.29 is 0 Å². The minimum atomic E-state index is 0.697. The number of hydrogen-bond acceptors (Lipinski definition) is 3. The van der Waals surface area contributed by atoms with Crippen molar-refractivity contribution in [2.24, 2.45) is 5.29 Å². The zero-order valence-electron chi connectivity index (χ0n) is 10.4. The van der Waals surface area contributed by atoms with Gasteiger partial charge in [-0.2, -0.15) is 0 Å². The number of benzene rings is 1. The maximum Gasteiger partial charge on any atom is 0.0655 e. The van der Waals surface area contributed by atoms with Crippen molar-refractivity contribution in [2.45, 2.75) is 6.92 Å². The summed E-state index contributed by atoms with van der Waals surface area (Å²) in [6.07, 6.45) is 0. The summed E-state index contributed by atoms with van der Waals surface area (Å²) in [7, 11) is 0. The molecule has 1 aromatic heterocycles. The molecule has 2 heterocycles. The molecule has 94 valence electrons. The van der Waals surface area contributed by atoms with E-state index in [0.29, 0.717) is 13.1 Å². The number of anilines is 1. The molecule has 2 aromatic rings. The molecule has 0 atom stereocenters. The lowest BCUT2D eigenvalue weighted by Gasteiger charge is -2.33. The van der Waals surface area contributed by atoms with E-state index in [9.17, 15) is 4.91 Å². The quantitative estimate of drug-likeness (QED) is 0.824. The lowest BCUT2D eigenvalue weighted by atomic mass is 10.2. The van der Waals surface area contributed by atoms with Crippen LogP contribution in [0.2, 0.25) is 0 Å². The van der Waals surface area contributed by atoms with Gasteiger partial charge in [-0.3, -0.25) is 5.01 Å². The summed E-state index contributed by atoms with van der Waals surface area (Å²) in [5.74, 6) is 0. The van der Waals surface area contributed by atoms with E-state index >= 15 is 0 Å². The van der Waals surface area contributed by atoms with Crippen LogP contribution < -0.4 is 4.90 Å². The number of piperazine rings is 1. The molecule has 0 unspecified atom stereocenters. The number of H-pyrrole nitrogens is 1. The van der Waals surface area contributed by atoms with Gasteiger partial charge in [0.2, 0.25) is 0 Å². The molecule has 1 aliphatic rings. The molecule has 1 fully saturated rings. The Bertz CT molecular complexity index is 569. The second kappa shape index (κ2) is 4.33. The smallest absolute Gasteiger partial charge is 0.0655 e. The first-order valence-electron chi connectivity index (χ1n) is 6.20. The molecule has 1 aliphatic heterocycles. The van der Waals surface area contributed by atoms with Crippen molar-refractivity contribution in [1.82, 2.24) is 9.99 Å². The molecule has 3 rings (SSSR count). The molecule has 0 radical (unpaired) electrons. The number of nitrogens with one attached hydrogen (secondary N) is 1. The Morgan fingerprint density at radius 3 is 2.61 bits per heavy atom. The summed E-state index contributed by atoms with van der Waals surface area (Å²) in [5, 5.41) is 5.83. The molecule has 0 spiro atoms. The van der Waals surface area contributed by atoms with Crippen molar-refractivity contribution in [1.29, 1.82) is 0 Å². The zero-order chi connectivity index (χ0) is 12.5. The van der Waals surface area contributed by atoms with Crippen LogP contribution >= 0.6 is 0 Å². The molecule has 0 aliphatic carbocycles. The van der Waals surface area contributed by atoms with Crippen molar-refractivity contribution in [3.05, 3.63) is 34.9 Å². The van der Waals surface area contributed by atoms with E-state index in [2.05, 4.69) is 40.3 Å². The largest absolute Gasteiger partial charge is 0.366 e. The van der Waals surface area contributed by atoms with Gasteiger partial charge in [0.05, 0.1) is 24.1 Å². The average molecular weight is 244 g/mol. The van der Waals surface area contributed by atoms with E-state index in [-0.39, 0.29) is 0 Å². The van der Waals surface area contributed by atoms with E-state index in [4.69, 9.17) is 0 Å². The molecule has 1 saturated heterocycles. The van der Waals surface area contributed by atoms with E-state index in [1.54, 1.807) is 5.01 Å². The number of nitroso groups, excluding NO2 is 1. The lowest BCUT2D eigenvalue weighted by molar-refractivity contribution is 0.267. The van der Waals surface area contributed by atoms with E-state index in [1.165, 1.54) is 22.3 Å². The Morgan fingerprint density at radius 2 is 1.89 bits per heavy atom. The maximum absolute atomic E-state index is 10.5. The molecule has 5 heteroatoms. The van der Waals surface area contributed by atoms with Crippen LogP contribution in [-0.4, -0.2) is 36.2 Å². The second-order valence-electron chi connectivity index (χ2n) is 4.67. The Kier molecular flexibility index (Phi) is 2.66. The molecule has 18 heavy (non-hydrogen) atoms. The standard InChI is InChI=1S/C13H16N4O/c1-10-13(11-4-2-3-5-12(11)14-10)16-6-8-17(15-18)9-7-16/h2-5,14H,6-9H2,1H3. The van der Waals surface area contributed by atoms with Crippen LogP contribution in [0.1, 0.15) is 5.69 Å². The molecular formula is C13H16N4O. The normalized spacial score (nSPS) is 16.3. The van der Waals surface area contributed by atoms with Crippen LogP contribution in [0.3, 0.4) is 0 Å². The van der Waals surface area contributed by atoms with Gasteiger partial charge in [-0.25, -0.2) is 0 Å².